The van der Waals surface area contributed by atoms with Gasteiger partial charge in [-0.1, -0.05) is 6.58 Å². The number of rotatable bonds is 4. The van der Waals surface area contributed by atoms with E-state index >= 15 is 0 Å². The fourth-order valence-electron chi connectivity index (χ4n) is 2.12. The number of amidine groups is 1. The zero-order valence-corrected chi connectivity index (χ0v) is 10.7. The lowest BCUT2D eigenvalue weighted by atomic mass is 10.0. The predicted octanol–water partition coefficient (Wildman–Crippen LogP) is 1.11. The highest BCUT2D eigenvalue weighted by atomic mass is 16.2. The maximum Gasteiger partial charge on any atom is 0.246 e. The van der Waals surface area contributed by atoms with Gasteiger partial charge < -0.3 is 4.90 Å². The molecule has 1 rings (SSSR count). The molecular weight excluding hydrogens is 230 g/mol. The van der Waals surface area contributed by atoms with E-state index in [1.165, 1.54) is 6.08 Å². The van der Waals surface area contributed by atoms with Gasteiger partial charge in [0.1, 0.15) is 12.2 Å². The summed E-state index contributed by atoms with van der Waals surface area (Å²) in [5, 5.41) is 12.6. The fourth-order valence-corrected chi connectivity index (χ4v) is 2.12. The van der Waals surface area contributed by atoms with Crippen LogP contribution in [0.2, 0.25) is 0 Å². The normalized spacial score (nSPS) is 20.2. The van der Waals surface area contributed by atoms with E-state index in [-0.39, 0.29) is 11.9 Å². The van der Waals surface area contributed by atoms with Crippen LogP contribution in [-0.4, -0.2) is 53.8 Å². The minimum absolute atomic E-state index is 0.0591. The number of hydrazone groups is 1. The van der Waals surface area contributed by atoms with Crippen molar-refractivity contribution < 1.29 is 4.79 Å². The first-order chi connectivity index (χ1) is 8.63. The monoisotopic (exact) mass is 249 g/mol. The highest BCUT2D eigenvalue weighted by molar-refractivity contribution is 5.88. The Bertz CT molecular complexity index is 377. The van der Waals surface area contributed by atoms with E-state index in [1.54, 1.807) is 16.8 Å². The zero-order valence-electron chi connectivity index (χ0n) is 10.7. The smallest absolute Gasteiger partial charge is 0.246 e. The van der Waals surface area contributed by atoms with Gasteiger partial charge in [0.15, 0.2) is 0 Å². The largest absolute Gasteiger partial charge is 0.337 e. The molecule has 1 heterocycles. The first-order valence-electron chi connectivity index (χ1n) is 5.84. The van der Waals surface area contributed by atoms with Gasteiger partial charge in [-0.25, -0.2) is 10.0 Å². The number of nitrogens with zero attached hydrogens (tertiary/aromatic N) is 4. The van der Waals surface area contributed by atoms with Crippen LogP contribution in [0.3, 0.4) is 0 Å². The molecule has 0 aromatic heterocycles. The Kier molecular flexibility index (Phi) is 5.23. The van der Waals surface area contributed by atoms with Crippen LogP contribution in [0.1, 0.15) is 19.8 Å². The van der Waals surface area contributed by atoms with Crippen molar-refractivity contribution in [2.45, 2.75) is 25.8 Å². The quantitative estimate of drug-likeness (QED) is 0.351. The third-order valence-electron chi connectivity index (χ3n) is 2.96. The average molecular weight is 249 g/mol. The molecule has 6 heteroatoms. The molecule has 1 aliphatic rings. The lowest BCUT2D eigenvalue weighted by molar-refractivity contribution is -0.127. The number of likely N-dealkylation sites (tertiary alicyclic amines) is 1. The van der Waals surface area contributed by atoms with Crippen LogP contribution in [0, 0.1) is 5.41 Å². The summed E-state index contributed by atoms with van der Waals surface area (Å²) in [5.41, 5.74) is 0. The molecule has 0 bridgehead atoms. The SMILES string of the molecule is C=CC(=O)N1CCC[C@@H](N(N=C)/C(C)=N/C=N)C1. The van der Waals surface area contributed by atoms with Crippen molar-refractivity contribution in [3.8, 4) is 0 Å². The number of hydrogen-bond donors (Lipinski definition) is 1. The van der Waals surface area contributed by atoms with Crippen molar-refractivity contribution in [2.75, 3.05) is 13.1 Å². The van der Waals surface area contributed by atoms with Crippen molar-refractivity contribution in [1.82, 2.24) is 9.91 Å². The van der Waals surface area contributed by atoms with Crippen molar-refractivity contribution in [3.05, 3.63) is 12.7 Å². The lowest BCUT2D eigenvalue weighted by Gasteiger charge is -2.37. The Hall–Kier alpha value is -1.98. The van der Waals surface area contributed by atoms with Crippen LogP contribution in [0.5, 0.6) is 0 Å². The molecule has 98 valence electrons. The van der Waals surface area contributed by atoms with Gasteiger partial charge in [-0.3, -0.25) is 10.2 Å². The van der Waals surface area contributed by atoms with E-state index in [0.29, 0.717) is 12.4 Å². The Labute approximate surface area is 107 Å². The maximum absolute atomic E-state index is 11.6. The molecule has 1 N–H and O–H groups in total. The molecule has 0 spiro atoms. The van der Waals surface area contributed by atoms with E-state index in [2.05, 4.69) is 23.4 Å². The molecule has 0 aromatic rings. The summed E-state index contributed by atoms with van der Waals surface area (Å²) >= 11 is 0. The summed E-state index contributed by atoms with van der Waals surface area (Å²) in [6.07, 6.45) is 4.13. The van der Waals surface area contributed by atoms with Crippen molar-refractivity contribution in [3.63, 3.8) is 0 Å². The molecule has 0 aromatic carbocycles. The van der Waals surface area contributed by atoms with Crippen LogP contribution in [0.25, 0.3) is 0 Å². The summed E-state index contributed by atoms with van der Waals surface area (Å²) in [6.45, 7) is 10.1. The number of carbonyl (C=O) groups is 1. The van der Waals surface area contributed by atoms with Crippen molar-refractivity contribution in [1.29, 1.82) is 5.41 Å². The molecule has 1 atom stereocenters. The van der Waals surface area contributed by atoms with Gasteiger partial charge in [0.2, 0.25) is 5.91 Å². The van der Waals surface area contributed by atoms with Gasteiger partial charge in [-0.15, -0.1) is 0 Å². The van der Waals surface area contributed by atoms with Gasteiger partial charge in [0, 0.05) is 19.8 Å². The number of carbonyl (C=O) groups excluding carboxylic acids is 1. The van der Waals surface area contributed by atoms with Crippen LogP contribution in [-0.2, 0) is 4.79 Å². The Morgan fingerprint density at radius 1 is 1.61 bits per heavy atom. The summed E-state index contributed by atoms with van der Waals surface area (Å²) in [5.74, 6) is 0.545. The number of nitrogens with one attached hydrogen (secondary N) is 1. The highest BCUT2D eigenvalue weighted by Crippen LogP contribution is 2.17. The fraction of sp³-hybridized carbons (Fsp3) is 0.500. The van der Waals surface area contributed by atoms with Crippen LogP contribution in [0.15, 0.2) is 22.7 Å². The van der Waals surface area contributed by atoms with Gasteiger partial charge in [-0.05, 0) is 25.8 Å². The topological polar surface area (TPSA) is 72.1 Å². The molecule has 1 saturated heterocycles. The van der Waals surface area contributed by atoms with Gasteiger partial charge in [-0.2, -0.15) is 5.10 Å². The molecule has 1 aliphatic heterocycles. The number of hydrogen-bond acceptors (Lipinski definition) is 3. The number of aliphatic imine (C=N–C) groups is 1. The van der Waals surface area contributed by atoms with Gasteiger partial charge >= 0.3 is 0 Å². The third-order valence-corrected chi connectivity index (χ3v) is 2.96. The second-order valence-electron chi connectivity index (χ2n) is 4.08. The van der Waals surface area contributed by atoms with E-state index in [4.69, 9.17) is 5.41 Å². The second-order valence-corrected chi connectivity index (χ2v) is 4.08. The van der Waals surface area contributed by atoms with Crippen LogP contribution < -0.4 is 0 Å². The Morgan fingerprint density at radius 3 is 2.89 bits per heavy atom. The van der Waals surface area contributed by atoms with Gasteiger partial charge in [0.05, 0.1) is 6.04 Å². The lowest BCUT2D eigenvalue weighted by Crippen LogP contribution is -2.49. The first-order valence-corrected chi connectivity index (χ1v) is 5.84. The molecule has 0 saturated carbocycles. The average Bonchev–Trinajstić information content (AvgIpc) is 2.39. The standard InChI is InChI=1S/C12H19N5O/c1-4-12(18)16-7-5-6-11(8-16)17(14-3)10(2)15-9-13/h4,9,11,13H,1,3,5-8H2,2H3/b13-9?,15-10+/t11-/m1/s1. The molecular formula is C12H19N5O. The van der Waals surface area contributed by atoms with Crippen molar-refractivity contribution in [2.24, 2.45) is 10.1 Å². The molecule has 0 unspecified atom stereocenters. The Balaban J connectivity index is 2.78. The van der Waals surface area contributed by atoms with Gasteiger partial charge in [0.25, 0.3) is 0 Å². The van der Waals surface area contributed by atoms with E-state index < -0.39 is 0 Å². The summed E-state index contributed by atoms with van der Waals surface area (Å²) in [4.78, 5) is 17.2. The summed E-state index contributed by atoms with van der Waals surface area (Å²) in [7, 11) is 0. The maximum atomic E-state index is 11.6. The molecule has 0 radical (unpaired) electrons. The van der Waals surface area contributed by atoms with E-state index in [9.17, 15) is 4.79 Å². The molecule has 0 aliphatic carbocycles. The number of piperidine rings is 1. The van der Waals surface area contributed by atoms with Crippen LogP contribution >= 0.6 is 0 Å². The number of amides is 1. The summed E-state index contributed by atoms with van der Waals surface area (Å²) < 4.78 is 0. The third kappa shape index (κ3) is 3.26. The molecule has 1 amide bonds. The summed E-state index contributed by atoms with van der Waals surface area (Å²) in [6, 6.07) is 0.0591. The molecule has 6 nitrogen and oxygen atoms in total. The molecule has 1 fully saturated rings. The van der Waals surface area contributed by atoms with E-state index in [1.807, 2.05) is 0 Å². The van der Waals surface area contributed by atoms with Crippen LogP contribution in [0.4, 0.5) is 0 Å². The second kappa shape index (κ2) is 6.68. The minimum Gasteiger partial charge on any atom is -0.337 e. The van der Waals surface area contributed by atoms with Crippen molar-refractivity contribution >= 4 is 24.8 Å². The molecule has 18 heavy (non-hydrogen) atoms. The zero-order chi connectivity index (χ0) is 13.5. The van der Waals surface area contributed by atoms with E-state index in [0.717, 1.165) is 25.7 Å². The first kappa shape index (κ1) is 14.1. The highest BCUT2D eigenvalue weighted by Gasteiger charge is 2.27. The Morgan fingerprint density at radius 2 is 2.33 bits per heavy atom. The minimum atomic E-state index is -0.0645. The predicted molar refractivity (Wildman–Crippen MR) is 73.1 cm³/mol.